The van der Waals surface area contributed by atoms with E-state index in [1.807, 2.05) is 12.1 Å². The van der Waals surface area contributed by atoms with Crippen LogP contribution in [0.3, 0.4) is 0 Å². The zero-order chi connectivity index (χ0) is 23.3. The Kier molecular flexibility index (Phi) is 9.65. The van der Waals surface area contributed by atoms with Crippen LogP contribution >= 0.6 is 0 Å². The number of rotatable bonds is 11. The van der Waals surface area contributed by atoms with Crippen LogP contribution in [0.5, 0.6) is 23.0 Å². The number of methoxy groups -OCH3 is 4. The molecular formula is C24H28N2O6. The summed E-state index contributed by atoms with van der Waals surface area (Å²) in [5.41, 5.74) is 1.60. The molecule has 2 rings (SSSR count). The first-order chi connectivity index (χ1) is 15.5. The molecule has 0 aliphatic heterocycles. The minimum Gasteiger partial charge on any atom is -0.493 e. The van der Waals surface area contributed by atoms with Crippen molar-refractivity contribution in [3.63, 3.8) is 0 Å². The first-order valence-electron chi connectivity index (χ1n) is 9.86. The van der Waals surface area contributed by atoms with Crippen molar-refractivity contribution in [2.75, 3.05) is 41.5 Å². The monoisotopic (exact) mass is 440 g/mol. The van der Waals surface area contributed by atoms with Crippen molar-refractivity contribution < 1.29 is 28.5 Å². The minimum atomic E-state index is -0.269. The van der Waals surface area contributed by atoms with Gasteiger partial charge in [-0.05, 0) is 47.5 Å². The molecule has 0 saturated carbocycles. The van der Waals surface area contributed by atoms with E-state index < -0.39 is 0 Å². The van der Waals surface area contributed by atoms with Crippen molar-refractivity contribution in [1.29, 1.82) is 0 Å². The fraction of sp³-hybridized carbons (Fsp3) is 0.250. The van der Waals surface area contributed by atoms with E-state index in [1.165, 1.54) is 12.2 Å². The maximum absolute atomic E-state index is 12.0. The molecule has 8 heteroatoms. The predicted octanol–water partition coefficient (Wildman–Crippen LogP) is 2.68. The van der Waals surface area contributed by atoms with E-state index in [1.54, 1.807) is 64.9 Å². The van der Waals surface area contributed by atoms with E-state index in [9.17, 15) is 9.59 Å². The van der Waals surface area contributed by atoms with Crippen LogP contribution in [-0.4, -0.2) is 53.3 Å². The van der Waals surface area contributed by atoms with Crippen molar-refractivity contribution in [1.82, 2.24) is 10.6 Å². The summed E-state index contributed by atoms with van der Waals surface area (Å²) in [4.78, 5) is 23.9. The average Bonchev–Trinajstić information content (AvgIpc) is 2.83. The Morgan fingerprint density at radius 2 is 1.03 bits per heavy atom. The molecule has 2 amide bonds. The van der Waals surface area contributed by atoms with Gasteiger partial charge in [-0.25, -0.2) is 0 Å². The highest BCUT2D eigenvalue weighted by molar-refractivity contribution is 5.92. The smallest absolute Gasteiger partial charge is 0.244 e. The van der Waals surface area contributed by atoms with Crippen molar-refractivity contribution in [3.05, 3.63) is 59.7 Å². The van der Waals surface area contributed by atoms with Crippen molar-refractivity contribution in [2.45, 2.75) is 0 Å². The Bertz CT molecular complexity index is 905. The van der Waals surface area contributed by atoms with Gasteiger partial charge < -0.3 is 29.6 Å². The molecule has 0 heterocycles. The lowest BCUT2D eigenvalue weighted by Gasteiger charge is -2.08. The average molecular weight is 440 g/mol. The molecule has 2 aromatic rings. The molecule has 2 aromatic carbocycles. The molecule has 170 valence electrons. The third-order valence-electron chi connectivity index (χ3n) is 4.39. The van der Waals surface area contributed by atoms with Crippen LogP contribution in [-0.2, 0) is 9.59 Å². The zero-order valence-corrected chi connectivity index (χ0v) is 18.6. The molecule has 0 aliphatic rings. The highest BCUT2D eigenvalue weighted by Gasteiger charge is 2.04. The van der Waals surface area contributed by atoms with Crippen LogP contribution in [0.25, 0.3) is 12.2 Å². The summed E-state index contributed by atoms with van der Waals surface area (Å²) in [5.74, 6) is 1.86. The second-order valence-corrected chi connectivity index (χ2v) is 6.48. The largest absolute Gasteiger partial charge is 0.493 e. The summed E-state index contributed by atoms with van der Waals surface area (Å²) in [5, 5.41) is 5.42. The maximum Gasteiger partial charge on any atom is 0.244 e. The molecule has 2 N–H and O–H groups in total. The summed E-state index contributed by atoms with van der Waals surface area (Å²) in [6.07, 6.45) is 6.17. The molecule has 0 atom stereocenters. The summed E-state index contributed by atoms with van der Waals surface area (Å²) in [6, 6.07) is 10.7. The highest BCUT2D eigenvalue weighted by atomic mass is 16.5. The lowest BCUT2D eigenvalue weighted by atomic mass is 10.2. The van der Waals surface area contributed by atoms with Crippen LogP contribution < -0.4 is 29.6 Å². The Hall–Kier alpha value is -3.94. The number of carbonyl (C=O) groups is 2. The number of hydrogen-bond acceptors (Lipinski definition) is 6. The molecular weight excluding hydrogens is 412 g/mol. The van der Waals surface area contributed by atoms with Gasteiger partial charge >= 0.3 is 0 Å². The van der Waals surface area contributed by atoms with Gasteiger partial charge in [-0.1, -0.05) is 12.1 Å². The predicted molar refractivity (Wildman–Crippen MR) is 123 cm³/mol. The van der Waals surface area contributed by atoms with Gasteiger partial charge in [0, 0.05) is 25.2 Å². The first kappa shape index (κ1) is 24.3. The molecule has 0 spiro atoms. The lowest BCUT2D eigenvalue weighted by molar-refractivity contribution is -0.118. The minimum absolute atomic E-state index is 0.269. The van der Waals surface area contributed by atoms with Crippen molar-refractivity contribution in [2.24, 2.45) is 0 Å². The van der Waals surface area contributed by atoms with Gasteiger partial charge in [-0.15, -0.1) is 0 Å². The first-order valence-corrected chi connectivity index (χ1v) is 9.86. The fourth-order valence-corrected chi connectivity index (χ4v) is 2.75. The quantitative estimate of drug-likeness (QED) is 0.412. The fourth-order valence-electron chi connectivity index (χ4n) is 2.75. The van der Waals surface area contributed by atoms with E-state index in [4.69, 9.17) is 18.9 Å². The summed E-state index contributed by atoms with van der Waals surface area (Å²) in [6.45, 7) is 0.593. The molecule has 0 fully saturated rings. The number of ether oxygens (including phenoxy) is 4. The standard InChI is InChI=1S/C24H28N2O6/c1-29-19-9-5-17(15-21(19)31-3)7-11-23(27)25-13-14-26-24(28)12-8-18-6-10-20(30-2)22(16-18)32-4/h5-12,15-16H,13-14H2,1-4H3,(H,25,27)(H,26,28)/b11-7+,12-8+. The van der Waals surface area contributed by atoms with E-state index in [2.05, 4.69) is 10.6 Å². The molecule has 0 unspecified atom stereocenters. The topological polar surface area (TPSA) is 95.1 Å². The zero-order valence-electron chi connectivity index (χ0n) is 18.6. The molecule has 0 aromatic heterocycles. The van der Waals surface area contributed by atoms with Crippen molar-refractivity contribution >= 4 is 24.0 Å². The Morgan fingerprint density at radius 1 is 0.656 bits per heavy atom. The lowest BCUT2D eigenvalue weighted by Crippen LogP contribution is -2.33. The Balaban J connectivity index is 1.76. The molecule has 0 saturated heterocycles. The third kappa shape index (κ3) is 7.39. The number of hydrogen-bond donors (Lipinski definition) is 2. The van der Waals surface area contributed by atoms with Crippen LogP contribution in [0.15, 0.2) is 48.6 Å². The van der Waals surface area contributed by atoms with Gasteiger partial charge in [0.2, 0.25) is 11.8 Å². The molecule has 0 aliphatic carbocycles. The van der Waals surface area contributed by atoms with Crippen LogP contribution in [0, 0.1) is 0 Å². The number of benzene rings is 2. The molecule has 0 bridgehead atoms. The van der Waals surface area contributed by atoms with Crippen molar-refractivity contribution in [3.8, 4) is 23.0 Å². The number of amides is 2. The number of carbonyl (C=O) groups excluding carboxylic acids is 2. The maximum atomic E-state index is 12.0. The van der Waals surface area contributed by atoms with E-state index in [0.717, 1.165) is 11.1 Å². The van der Waals surface area contributed by atoms with E-state index in [0.29, 0.717) is 36.1 Å². The van der Waals surface area contributed by atoms with Crippen LogP contribution in [0.1, 0.15) is 11.1 Å². The molecule has 0 radical (unpaired) electrons. The molecule has 32 heavy (non-hydrogen) atoms. The molecule has 8 nitrogen and oxygen atoms in total. The Labute approximate surface area is 187 Å². The third-order valence-corrected chi connectivity index (χ3v) is 4.39. The normalized spacial score (nSPS) is 10.8. The van der Waals surface area contributed by atoms with Gasteiger partial charge in [-0.2, -0.15) is 0 Å². The van der Waals surface area contributed by atoms with Gasteiger partial charge in [-0.3, -0.25) is 9.59 Å². The summed E-state index contributed by atoms with van der Waals surface area (Å²) >= 11 is 0. The van der Waals surface area contributed by atoms with E-state index in [-0.39, 0.29) is 11.8 Å². The van der Waals surface area contributed by atoms with Gasteiger partial charge in [0.05, 0.1) is 28.4 Å². The summed E-state index contributed by atoms with van der Waals surface area (Å²) < 4.78 is 20.8. The van der Waals surface area contributed by atoms with E-state index >= 15 is 0 Å². The second-order valence-electron chi connectivity index (χ2n) is 6.48. The van der Waals surface area contributed by atoms with Gasteiger partial charge in [0.25, 0.3) is 0 Å². The van der Waals surface area contributed by atoms with Gasteiger partial charge in [0.1, 0.15) is 0 Å². The second kappa shape index (κ2) is 12.7. The highest BCUT2D eigenvalue weighted by Crippen LogP contribution is 2.28. The Morgan fingerprint density at radius 3 is 1.38 bits per heavy atom. The van der Waals surface area contributed by atoms with Crippen LogP contribution in [0.4, 0.5) is 0 Å². The summed E-state index contributed by atoms with van der Waals surface area (Å²) in [7, 11) is 6.22. The van der Waals surface area contributed by atoms with Gasteiger partial charge in [0.15, 0.2) is 23.0 Å². The SMILES string of the molecule is COc1ccc(/C=C/C(=O)NCCNC(=O)/C=C/c2ccc(OC)c(OC)c2)cc1OC. The van der Waals surface area contributed by atoms with Crippen LogP contribution in [0.2, 0.25) is 0 Å². The number of nitrogens with one attached hydrogen (secondary N) is 2.